The van der Waals surface area contributed by atoms with E-state index in [1.54, 1.807) is 25.3 Å². The Morgan fingerprint density at radius 3 is 2.58 bits per heavy atom. The maximum atomic E-state index is 11.9. The van der Waals surface area contributed by atoms with E-state index in [1.807, 2.05) is 30.3 Å². The summed E-state index contributed by atoms with van der Waals surface area (Å²) in [5.74, 6) is 0.410. The minimum absolute atomic E-state index is 0.0310. The molecule has 6 heteroatoms. The Bertz CT molecular complexity index is 746. The molecule has 2 aromatic carbocycles. The summed E-state index contributed by atoms with van der Waals surface area (Å²) in [4.78, 5) is 23.4. The molecule has 1 amide bonds. The van der Waals surface area contributed by atoms with Crippen molar-refractivity contribution in [3.05, 3.63) is 59.7 Å². The maximum absolute atomic E-state index is 11.9. The number of carbonyl (C=O) groups excluding carboxylic acids is 2. The van der Waals surface area contributed by atoms with Crippen molar-refractivity contribution in [3.63, 3.8) is 0 Å². The van der Waals surface area contributed by atoms with Gasteiger partial charge in [-0.25, -0.2) is 4.79 Å². The van der Waals surface area contributed by atoms with Crippen LogP contribution in [0.25, 0.3) is 0 Å². The van der Waals surface area contributed by atoms with Gasteiger partial charge in [-0.1, -0.05) is 24.3 Å². The van der Waals surface area contributed by atoms with Gasteiger partial charge in [-0.05, 0) is 36.2 Å². The predicted octanol–water partition coefficient (Wildman–Crippen LogP) is 2.64. The van der Waals surface area contributed by atoms with Gasteiger partial charge in [0.1, 0.15) is 5.75 Å². The van der Waals surface area contributed by atoms with Gasteiger partial charge in [0.25, 0.3) is 0 Å². The third-order valence-electron chi connectivity index (χ3n) is 3.87. The number of benzene rings is 2. The molecule has 26 heavy (non-hydrogen) atoms. The van der Waals surface area contributed by atoms with E-state index in [0.717, 1.165) is 17.0 Å². The first-order chi connectivity index (χ1) is 12.6. The molecule has 0 heterocycles. The standard InChI is InChI=1S/C20H24N2O4/c1-25-18-9-4-3-6-15(18)10-12-22-19(23)11-13-21-17-8-5-7-16(14-17)20(24)26-2/h3-9,14,21H,10-13H2,1-2H3,(H,22,23). The number of hydrogen-bond acceptors (Lipinski definition) is 5. The lowest BCUT2D eigenvalue weighted by Crippen LogP contribution is -2.27. The van der Waals surface area contributed by atoms with Crippen molar-refractivity contribution >= 4 is 17.6 Å². The average molecular weight is 356 g/mol. The molecule has 0 aliphatic heterocycles. The lowest BCUT2D eigenvalue weighted by Gasteiger charge is -2.10. The van der Waals surface area contributed by atoms with Gasteiger partial charge in [0, 0.05) is 25.2 Å². The SMILES string of the molecule is COC(=O)c1cccc(NCCC(=O)NCCc2ccccc2OC)c1. The summed E-state index contributed by atoms with van der Waals surface area (Å²) >= 11 is 0. The predicted molar refractivity (Wildman–Crippen MR) is 101 cm³/mol. The van der Waals surface area contributed by atoms with Crippen LogP contribution in [0.3, 0.4) is 0 Å². The molecule has 0 aliphatic rings. The number of para-hydroxylation sites is 1. The second-order valence-corrected chi connectivity index (χ2v) is 5.66. The zero-order valence-corrected chi connectivity index (χ0v) is 15.1. The second kappa shape index (κ2) is 10.1. The van der Waals surface area contributed by atoms with Crippen LogP contribution in [0.5, 0.6) is 5.75 Å². The van der Waals surface area contributed by atoms with Gasteiger partial charge >= 0.3 is 5.97 Å². The summed E-state index contributed by atoms with van der Waals surface area (Å²) in [7, 11) is 2.98. The summed E-state index contributed by atoms with van der Waals surface area (Å²) < 4.78 is 9.99. The monoisotopic (exact) mass is 356 g/mol. The molecule has 2 N–H and O–H groups in total. The molecule has 0 fully saturated rings. The molecule has 0 aliphatic carbocycles. The fourth-order valence-electron chi connectivity index (χ4n) is 2.53. The lowest BCUT2D eigenvalue weighted by atomic mass is 10.1. The molecule has 0 unspecified atom stereocenters. The summed E-state index contributed by atoms with van der Waals surface area (Å²) in [6.45, 7) is 1.03. The Morgan fingerprint density at radius 2 is 1.81 bits per heavy atom. The third kappa shape index (κ3) is 5.81. The topological polar surface area (TPSA) is 76.7 Å². The highest BCUT2D eigenvalue weighted by Gasteiger charge is 2.06. The second-order valence-electron chi connectivity index (χ2n) is 5.66. The summed E-state index contributed by atoms with van der Waals surface area (Å²) in [5, 5.41) is 6.03. The number of methoxy groups -OCH3 is 2. The van der Waals surface area contributed by atoms with Crippen LogP contribution in [0.2, 0.25) is 0 Å². The Balaban J connectivity index is 1.71. The molecule has 0 saturated carbocycles. The van der Waals surface area contributed by atoms with Gasteiger partial charge < -0.3 is 20.1 Å². The van der Waals surface area contributed by atoms with Crippen LogP contribution in [0.15, 0.2) is 48.5 Å². The number of carbonyl (C=O) groups is 2. The van der Waals surface area contributed by atoms with Crippen molar-refractivity contribution in [2.45, 2.75) is 12.8 Å². The molecule has 0 spiro atoms. The molecule has 2 aromatic rings. The number of nitrogens with one attached hydrogen (secondary N) is 2. The highest BCUT2D eigenvalue weighted by molar-refractivity contribution is 5.90. The smallest absolute Gasteiger partial charge is 0.337 e. The van der Waals surface area contributed by atoms with Gasteiger partial charge in [0.15, 0.2) is 0 Å². The van der Waals surface area contributed by atoms with Crippen LogP contribution in [-0.2, 0) is 16.0 Å². The Morgan fingerprint density at radius 1 is 1.00 bits per heavy atom. The summed E-state index contributed by atoms with van der Waals surface area (Å²) in [5.41, 5.74) is 2.31. The number of amides is 1. The van der Waals surface area contributed by atoms with Crippen LogP contribution in [-0.4, -0.2) is 39.2 Å². The minimum atomic E-state index is -0.386. The molecule has 0 radical (unpaired) electrons. The van der Waals surface area contributed by atoms with Crippen LogP contribution >= 0.6 is 0 Å². The Hall–Kier alpha value is -3.02. The molecule has 0 atom stereocenters. The first-order valence-corrected chi connectivity index (χ1v) is 8.45. The normalized spacial score (nSPS) is 10.1. The van der Waals surface area contributed by atoms with Gasteiger partial charge in [0.05, 0.1) is 19.8 Å². The first-order valence-electron chi connectivity index (χ1n) is 8.45. The highest BCUT2D eigenvalue weighted by Crippen LogP contribution is 2.17. The van der Waals surface area contributed by atoms with Gasteiger partial charge in [-0.2, -0.15) is 0 Å². The number of esters is 1. The Labute approximate surface area is 153 Å². The highest BCUT2D eigenvalue weighted by atomic mass is 16.5. The van der Waals surface area contributed by atoms with Crippen LogP contribution in [0.4, 0.5) is 5.69 Å². The largest absolute Gasteiger partial charge is 0.496 e. The van der Waals surface area contributed by atoms with Crippen LogP contribution < -0.4 is 15.4 Å². The molecule has 0 saturated heterocycles. The van der Waals surface area contributed by atoms with E-state index in [-0.39, 0.29) is 11.9 Å². The zero-order chi connectivity index (χ0) is 18.8. The number of rotatable bonds is 9. The molecule has 138 valence electrons. The van der Waals surface area contributed by atoms with Gasteiger partial charge in [-0.15, -0.1) is 0 Å². The van der Waals surface area contributed by atoms with Crippen molar-refractivity contribution in [2.24, 2.45) is 0 Å². The van der Waals surface area contributed by atoms with Crippen LogP contribution in [0, 0.1) is 0 Å². The number of ether oxygens (including phenoxy) is 2. The first kappa shape index (κ1) is 19.3. The summed E-state index contributed by atoms with van der Waals surface area (Å²) in [6, 6.07) is 14.7. The third-order valence-corrected chi connectivity index (χ3v) is 3.87. The molecule has 0 aromatic heterocycles. The van der Waals surface area contributed by atoms with E-state index >= 15 is 0 Å². The van der Waals surface area contributed by atoms with E-state index < -0.39 is 0 Å². The molecular formula is C20H24N2O4. The van der Waals surface area contributed by atoms with Crippen molar-refractivity contribution in [1.29, 1.82) is 0 Å². The Kier molecular flexibility index (Phi) is 7.49. The fraction of sp³-hybridized carbons (Fsp3) is 0.300. The molecular weight excluding hydrogens is 332 g/mol. The quantitative estimate of drug-likeness (QED) is 0.676. The van der Waals surface area contributed by atoms with Crippen molar-refractivity contribution in [2.75, 3.05) is 32.6 Å². The van der Waals surface area contributed by atoms with Gasteiger partial charge in [0.2, 0.25) is 5.91 Å². The summed E-state index contributed by atoms with van der Waals surface area (Å²) in [6.07, 6.45) is 1.05. The van der Waals surface area contributed by atoms with Crippen LogP contribution in [0.1, 0.15) is 22.3 Å². The molecule has 2 rings (SSSR count). The van der Waals surface area contributed by atoms with E-state index in [2.05, 4.69) is 10.6 Å². The fourth-order valence-corrected chi connectivity index (χ4v) is 2.53. The van der Waals surface area contributed by atoms with Gasteiger partial charge in [-0.3, -0.25) is 4.79 Å². The van der Waals surface area contributed by atoms with Crippen molar-refractivity contribution in [3.8, 4) is 5.75 Å². The maximum Gasteiger partial charge on any atom is 0.337 e. The van der Waals surface area contributed by atoms with E-state index in [0.29, 0.717) is 31.5 Å². The molecule has 6 nitrogen and oxygen atoms in total. The number of hydrogen-bond donors (Lipinski definition) is 2. The average Bonchev–Trinajstić information content (AvgIpc) is 2.68. The lowest BCUT2D eigenvalue weighted by molar-refractivity contribution is -0.120. The number of anilines is 1. The van der Waals surface area contributed by atoms with E-state index in [4.69, 9.17) is 9.47 Å². The van der Waals surface area contributed by atoms with E-state index in [9.17, 15) is 9.59 Å². The minimum Gasteiger partial charge on any atom is -0.496 e. The zero-order valence-electron chi connectivity index (χ0n) is 15.1. The van der Waals surface area contributed by atoms with Crippen molar-refractivity contribution in [1.82, 2.24) is 5.32 Å². The van der Waals surface area contributed by atoms with Crippen molar-refractivity contribution < 1.29 is 19.1 Å². The molecule has 0 bridgehead atoms. The van der Waals surface area contributed by atoms with E-state index in [1.165, 1.54) is 7.11 Å².